The fraction of sp³-hybridized carbons (Fsp3) is 0.667. The standard InChI is InChI=1S/C18H27ClN2O/c19-15-5-7-17(8-6-15)21-11-9-16(10-12-21)20-13-18(22)14-3-1-2-4-14/h5-8,14,16,18,20,22H,1-4,9-13H2. The Hall–Kier alpha value is -0.770. The zero-order valence-electron chi connectivity index (χ0n) is 13.2. The highest BCUT2D eigenvalue weighted by Gasteiger charge is 2.25. The summed E-state index contributed by atoms with van der Waals surface area (Å²) >= 11 is 5.95. The molecular weight excluding hydrogens is 296 g/mol. The van der Waals surface area contributed by atoms with Gasteiger partial charge in [-0.3, -0.25) is 0 Å². The Balaban J connectivity index is 1.40. The highest BCUT2D eigenvalue weighted by atomic mass is 35.5. The van der Waals surface area contributed by atoms with Crippen LogP contribution in [0, 0.1) is 5.92 Å². The van der Waals surface area contributed by atoms with E-state index in [0.29, 0.717) is 12.0 Å². The lowest BCUT2D eigenvalue weighted by molar-refractivity contribution is 0.105. The van der Waals surface area contributed by atoms with E-state index >= 15 is 0 Å². The van der Waals surface area contributed by atoms with E-state index < -0.39 is 0 Å². The Morgan fingerprint density at radius 2 is 1.73 bits per heavy atom. The van der Waals surface area contributed by atoms with Crippen LogP contribution in [0.4, 0.5) is 5.69 Å². The molecule has 1 aromatic carbocycles. The first-order chi connectivity index (χ1) is 10.7. The maximum atomic E-state index is 10.3. The van der Waals surface area contributed by atoms with Gasteiger partial charge in [0.1, 0.15) is 0 Å². The van der Waals surface area contributed by atoms with Crippen LogP contribution in [0.5, 0.6) is 0 Å². The summed E-state index contributed by atoms with van der Waals surface area (Å²) in [7, 11) is 0. The predicted octanol–water partition coefficient (Wildman–Crippen LogP) is 3.45. The summed E-state index contributed by atoms with van der Waals surface area (Å²) in [5, 5.41) is 14.6. The third-order valence-electron chi connectivity index (χ3n) is 5.25. The van der Waals surface area contributed by atoms with E-state index in [4.69, 9.17) is 11.6 Å². The summed E-state index contributed by atoms with van der Waals surface area (Å²) in [5.74, 6) is 0.529. The van der Waals surface area contributed by atoms with Gasteiger partial charge >= 0.3 is 0 Å². The van der Waals surface area contributed by atoms with Crippen LogP contribution in [0.3, 0.4) is 0 Å². The average Bonchev–Trinajstić information content (AvgIpc) is 3.08. The minimum absolute atomic E-state index is 0.156. The fourth-order valence-corrected chi connectivity index (χ4v) is 3.92. The molecule has 1 saturated heterocycles. The van der Waals surface area contributed by atoms with Crippen molar-refractivity contribution in [2.24, 2.45) is 5.92 Å². The van der Waals surface area contributed by atoms with Crippen molar-refractivity contribution < 1.29 is 5.11 Å². The lowest BCUT2D eigenvalue weighted by atomic mass is 9.99. The summed E-state index contributed by atoms with van der Waals surface area (Å²) in [5.41, 5.74) is 1.26. The van der Waals surface area contributed by atoms with Crippen LogP contribution in [0.2, 0.25) is 5.02 Å². The molecule has 3 nitrogen and oxygen atoms in total. The van der Waals surface area contributed by atoms with Crippen molar-refractivity contribution in [3.63, 3.8) is 0 Å². The van der Waals surface area contributed by atoms with Crippen LogP contribution < -0.4 is 10.2 Å². The van der Waals surface area contributed by atoms with Gasteiger partial charge in [0, 0.05) is 36.4 Å². The van der Waals surface area contributed by atoms with Crippen molar-refractivity contribution in [3.8, 4) is 0 Å². The number of benzene rings is 1. The van der Waals surface area contributed by atoms with Crippen molar-refractivity contribution in [3.05, 3.63) is 29.3 Å². The Kier molecular flexibility index (Phi) is 5.61. The van der Waals surface area contributed by atoms with Gasteiger partial charge < -0.3 is 15.3 Å². The molecule has 2 N–H and O–H groups in total. The molecule has 4 heteroatoms. The number of aliphatic hydroxyl groups excluding tert-OH is 1. The van der Waals surface area contributed by atoms with E-state index in [1.165, 1.54) is 31.4 Å². The van der Waals surface area contributed by atoms with Crippen LogP contribution >= 0.6 is 11.6 Å². The highest BCUT2D eigenvalue weighted by Crippen LogP contribution is 2.27. The third-order valence-corrected chi connectivity index (χ3v) is 5.50. The molecule has 1 heterocycles. The number of nitrogens with one attached hydrogen (secondary N) is 1. The van der Waals surface area contributed by atoms with E-state index in [-0.39, 0.29) is 6.10 Å². The lowest BCUT2D eigenvalue weighted by Crippen LogP contribution is -2.45. The van der Waals surface area contributed by atoms with Crippen molar-refractivity contribution in [1.29, 1.82) is 0 Å². The van der Waals surface area contributed by atoms with Crippen molar-refractivity contribution >= 4 is 17.3 Å². The van der Waals surface area contributed by atoms with E-state index in [1.807, 2.05) is 12.1 Å². The SMILES string of the molecule is OC(CNC1CCN(c2ccc(Cl)cc2)CC1)C1CCCC1. The second kappa shape index (κ2) is 7.67. The summed E-state index contributed by atoms with van der Waals surface area (Å²) in [6, 6.07) is 8.65. The number of anilines is 1. The molecule has 0 radical (unpaired) electrons. The zero-order chi connectivity index (χ0) is 15.4. The first-order valence-electron chi connectivity index (χ1n) is 8.64. The summed E-state index contributed by atoms with van der Waals surface area (Å²) in [4.78, 5) is 2.42. The molecule has 0 aromatic heterocycles. The number of halogens is 1. The Morgan fingerprint density at radius 3 is 2.36 bits per heavy atom. The average molecular weight is 323 g/mol. The van der Waals surface area contributed by atoms with Crippen molar-refractivity contribution in [2.45, 2.75) is 50.7 Å². The largest absolute Gasteiger partial charge is 0.392 e. The minimum Gasteiger partial charge on any atom is -0.392 e. The Bertz CT molecular complexity index is 451. The molecule has 1 unspecified atom stereocenters. The first kappa shape index (κ1) is 16.1. The van der Waals surface area contributed by atoms with E-state index in [1.54, 1.807) is 0 Å². The molecule has 1 atom stereocenters. The van der Waals surface area contributed by atoms with Gasteiger partial charge in [0.05, 0.1) is 6.10 Å². The maximum absolute atomic E-state index is 10.3. The van der Waals surface area contributed by atoms with Crippen LogP contribution in [-0.2, 0) is 0 Å². The van der Waals surface area contributed by atoms with E-state index in [0.717, 1.165) is 37.5 Å². The summed E-state index contributed by atoms with van der Waals surface area (Å²) in [6.45, 7) is 2.90. The molecule has 1 aromatic rings. The van der Waals surface area contributed by atoms with Crippen LogP contribution in [0.25, 0.3) is 0 Å². The molecule has 0 spiro atoms. The highest BCUT2D eigenvalue weighted by molar-refractivity contribution is 6.30. The summed E-state index contributed by atoms with van der Waals surface area (Å²) < 4.78 is 0. The minimum atomic E-state index is -0.156. The van der Waals surface area contributed by atoms with Crippen molar-refractivity contribution in [2.75, 3.05) is 24.5 Å². The van der Waals surface area contributed by atoms with Gasteiger partial charge in [0.25, 0.3) is 0 Å². The molecule has 3 rings (SSSR count). The molecule has 2 fully saturated rings. The number of hydrogen-bond donors (Lipinski definition) is 2. The molecule has 0 bridgehead atoms. The normalized spacial score (nSPS) is 22.2. The van der Waals surface area contributed by atoms with Crippen molar-refractivity contribution in [1.82, 2.24) is 5.32 Å². The summed E-state index contributed by atoms with van der Waals surface area (Å²) in [6.07, 6.45) is 7.12. The number of aliphatic hydroxyl groups is 1. The quantitative estimate of drug-likeness (QED) is 0.871. The van der Waals surface area contributed by atoms with Gasteiger partial charge in [-0.2, -0.15) is 0 Å². The van der Waals surface area contributed by atoms with Gasteiger partial charge in [-0.25, -0.2) is 0 Å². The van der Waals surface area contributed by atoms with Gasteiger partial charge in [0.2, 0.25) is 0 Å². The topological polar surface area (TPSA) is 35.5 Å². The monoisotopic (exact) mass is 322 g/mol. The third kappa shape index (κ3) is 4.15. The zero-order valence-corrected chi connectivity index (χ0v) is 13.9. The molecule has 22 heavy (non-hydrogen) atoms. The molecule has 1 saturated carbocycles. The lowest BCUT2D eigenvalue weighted by Gasteiger charge is -2.34. The van der Waals surface area contributed by atoms with Gasteiger partial charge in [0.15, 0.2) is 0 Å². The number of hydrogen-bond acceptors (Lipinski definition) is 3. The molecule has 122 valence electrons. The second-order valence-corrected chi connectivity index (χ2v) is 7.19. The number of piperidine rings is 1. The number of rotatable bonds is 5. The molecule has 0 amide bonds. The van der Waals surface area contributed by atoms with E-state index in [2.05, 4.69) is 22.3 Å². The molecule has 1 aliphatic heterocycles. The van der Waals surface area contributed by atoms with Gasteiger partial charge in [-0.15, -0.1) is 0 Å². The first-order valence-corrected chi connectivity index (χ1v) is 9.02. The maximum Gasteiger partial charge on any atom is 0.0692 e. The fourth-order valence-electron chi connectivity index (χ4n) is 3.79. The van der Waals surface area contributed by atoms with E-state index in [9.17, 15) is 5.11 Å². The number of nitrogens with zero attached hydrogens (tertiary/aromatic N) is 1. The second-order valence-electron chi connectivity index (χ2n) is 6.76. The molecule has 2 aliphatic rings. The Labute approximate surface area is 138 Å². The van der Waals surface area contributed by atoms with Gasteiger partial charge in [-0.05, 0) is 55.9 Å². The van der Waals surface area contributed by atoms with Crippen LogP contribution in [0.1, 0.15) is 38.5 Å². The Morgan fingerprint density at radius 1 is 1.09 bits per heavy atom. The van der Waals surface area contributed by atoms with Gasteiger partial charge in [-0.1, -0.05) is 24.4 Å². The van der Waals surface area contributed by atoms with Crippen LogP contribution in [-0.4, -0.2) is 36.9 Å². The van der Waals surface area contributed by atoms with Crippen LogP contribution in [0.15, 0.2) is 24.3 Å². The predicted molar refractivity (Wildman–Crippen MR) is 92.7 cm³/mol. The molecular formula is C18H27ClN2O. The smallest absolute Gasteiger partial charge is 0.0692 e. The molecule has 1 aliphatic carbocycles.